The lowest BCUT2D eigenvalue weighted by Crippen LogP contribution is -2.15. The van der Waals surface area contributed by atoms with Crippen LogP contribution in [-0.4, -0.2) is 28.7 Å². The molecule has 0 spiro atoms. The molecule has 2 aromatic carbocycles. The summed E-state index contributed by atoms with van der Waals surface area (Å²) in [6.45, 7) is 4.20. The number of rotatable bonds is 5. The van der Waals surface area contributed by atoms with E-state index in [1.54, 1.807) is 12.1 Å². The molecule has 0 bridgehead atoms. The van der Waals surface area contributed by atoms with Gasteiger partial charge in [-0.1, -0.05) is 23.9 Å². The first-order valence-electron chi connectivity index (χ1n) is 8.32. The van der Waals surface area contributed by atoms with Crippen molar-refractivity contribution in [3.63, 3.8) is 0 Å². The third-order valence-corrected chi connectivity index (χ3v) is 5.05. The number of fused-ring (bicyclic) bond motifs is 1. The monoisotopic (exact) mass is 383 g/mol. The van der Waals surface area contributed by atoms with Crippen molar-refractivity contribution in [2.24, 2.45) is 0 Å². The van der Waals surface area contributed by atoms with Crippen LogP contribution in [0.25, 0.3) is 11.5 Å². The van der Waals surface area contributed by atoms with Crippen LogP contribution < -0.4 is 14.8 Å². The molecule has 7 nitrogen and oxygen atoms in total. The molecule has 0 atom stereocenters. The number of nitrogens with zero attached hydrogens (tertiary/aromatic N) is 2. The Bertz CT molecular complexity index is 1000. The summed E-state index contributed by atoms with van der Waals surface area (Å²) < 4.78 is 16.3. The Morgan fingerprint density at radius 2 is 2.00 bits per heavy atom. The molecule has 4 rings (SSSR count). The second-order valence-electron chi connectivity index (χ2n) is 6.03. The van der Waals surface area contributed by atoms with Crippen LogP contribution in [0.3, 0.4) is 0 Å². The van der Waals surface area contributed by atoms with Gasteiger partial charge in [0.15, 0.2) is 11.5 Å². The lowest BCUT2D eigenvalue weighted by Gasteiger charge is -2.09. The van der Waals surface area contributed by atoms with Crippen LogP contribution in [-0.2, 0) is 4.79 Å². The van der Waals surface area contributed by atoms with Crippen LogP contribution in [0.15, 0.2) is 46.0 Å². The van der Waals surface area contributed by atoms with Crippen molar-refractivity contribution in [1.29, 1.82) is 0 Å². The van der Waals surface area contributed by atoms with Gasteiger partial charge in [0.2, 0.25) is 18.6 Å². The molecule has 138 valence electrons. The molecule has 1 aromatic heterocycles. The molecular weight excluding hydrogens is 366 g/mol. The molecule has 1 aliphatic rings. The Balaban J connectivity index is 1.38. The van der Waals surface area contributed by atoms with E-state index >= 15 is 0 Å². The van der Waals surface area contributed by atoms with Crippen LogP contribution in [0, 0.1) is 13.8 Å². The van der Waals surface area contributed by atoms with Gasteiger partial charge >= 0.3 is 0 Å². The zero-order valence-electron chi connectivity index (χ0n) is 14.8. The second-order valence-corrected chi connectivity index (χ2v) is 6.95. The maximum Gasteiger partial charge on any atom is 0.277 e. The molecule has 1 N–H and O–H groups in total. The summed E-state index contributed by atoms with van der Waals surface area (Å²) in [4.78, 5) is 12.2. The van der Waals surface area contributed by atoms with E-state index in [1.807, 2.05) is 38.1 Å². The molecule has 0 fully saturated rings. The number of carbonyl (C=O) groups excluding carboxylic acids is 1. The van der Waals surface area contributed by atoms with Crippen molar-refractivity contribution < 1.29 is 18.7 Å². The fraction of sp³-hybridized carbons (Fsp3) is 0.211. The molecule has 0 aliphatic carbocycles. The van der Waals surface area contributed by atoms with Gasteiger partial charge in [-0.25, -0.2) is 0 Å². The van der Waals surface area contributed by atoms with Gasteiger partial charge in [-0.3, -0.25) is 4.79 Å². The van der Waals surface area contributed by atoms with E-state index in [1.165, 1.54) is 11.8 Å². The molecule has 27 heavy (non-hydrogen) atoms. The van der Waals surface area contributed by atoms with Crippen molar-refractivity contribution in [2.75, 3.05) is 17.9 Å². The molecule has 0 unspecified atom stereocenters. The molecular formula is C19H17N3O4S. The van der Waals surface area contributed by atoms with Gasteiger partial charge in [-0.15, -0.1) is 10.2 Å². The Kier molecular flexibility index (Phi) is 4.72. The summed E-state index contributed by atoms with van der Waals surface area (Å²) in [5, 5.41) is 11.3. The molecule has 0 saturated heterocycles. The van der Waals surface area contributed by atoms with Crippen molar-refractivity contribution in [3.05, 3.63) is 47.5 Å². The van der Waals surface area contributed by atoms with E-state index in [4.69, 9.17) is 13.9 Å². The molecule has 2 heterocycles. The Morgan fingerprint density at radius 1 is 1.15 bits per heavy atom. The third-order valence-electron chi connectivity index (χ3n) is 4.23. The Hall–Kier alpha value is -3.00. The Labute approximate surface area is 160 Å². The normalized spacial score (nSPS) is 12.2. The molecule has 8 heteroatoms. The molecule has 0 radical (unpaired) electrons. The van der Waals surface area contributed by atoms with Crippen molar-refractivity contribution in [1.82, 2.24) is 10.2 Å². The summed E-state index contributed by atoms with van der Waals surface area (Å²) >= 11 is 1.19. The number of benzene rings is 2. The lowest BCUT2D eigenvalue weighted by atomic mass is 10.1. The number of thioether (sulfide) groups is 1. The number of amides is 1. The number of aromatic nitrogens is 2. The number of carbonyl (C=O) groups is 1. The number of aryl methyl sites for hydroxylation is 1. The van der Waals surface area contributed by atoms with Crippen LogP contribution >= 0.6 is 11.8 Å². The van der Waals surface area contributed by atoms with Gasteiger partial charge in [0.25, 0.3) is 5.22 Å². The lowest BCUT2D eigenvalue weighted by molar-refractivity contribution is -0.113. The van der Waals surface area contributed by atoms with Gasteiger partial charge in [-0.2, -0.15) is 0 Å². The summed E-state index contributed by atoms with van der Waals surface area (Å²) in [6, 6.07) is 11.2. The highest BCUT2D eigenvalue weighted by Gasteiger charge is 2.17. The predicted octanol–water partition coefficient (Wildman–Crippen LogP) is 3.81. The maximum atomic E-state index is 12.2. The molecule has 1 aliphatic heterocycles. The minimum Gasteiger partial charge on any atom is -0.454 e. The summed E-state index contributed by atoms with van der Waals surface area (Å²) in [5.41, 5.74) is 3.73. The van der Waals surface area contributed by atoms with Gasteiger partial charge in [0, 0.05) is 11.3 Å². The highest BCUT2D eigenvalue weighted by atomic mass is 32.2. The minimum absolute atomic E-state index is 0.128. The average molecular weight is 383 g/mol. The first-order valence-corrected chi connectivity index (χ1v) is 9.31. The number of hydrogen-bond donors (Lipinski definition) is 1. The van der Waals surface area contributed by atoms with E-state index in [0.29, 0.717) is 22.6 Å². The number of hydrogen-bond acceptors (Lipinski definition) is 7. The third kappa shape index (κ3) is 3.75. The Morgan fingerprint density at radius 3 is 2.89 bits per heavy atom. The van der Waals surface area contributed by atoms with Crippen LogP contribution in [0.5, 0.6) is 11.5 Å². The van der Waals surface area contributed by atoms with Crippen LogP contribution in [0.1, 0.15) is 11.1 Å². The fourth-order valence-electron chi connectivity index (χ4n) is 2.61. The fourth-order valence-corrected chi connectivity index (χ4v) is 3.18. The number of ether oxygens (including phenoxy) is 2. The van der Waals surface area contributed by atoms with Crippen LogP contribution in [0.2, 0.25) is 0 Å². The van der Waals surface area contributed by atoms with E-state index < -0.39 is 0 Å². The quantitative estimate of drug-likeness (QED) is 0.670. The SMILES string of the molecule is Cc1cccc(NC(=O)CSc2nnc(-c3ccc4c(c3)OCO4)o2)c1C. The van der Waals surface area contributed by atoms with Gasteiger partial charge in [-0.05, 0) is 49.2 Å². The van der Waals surface area contributed by atoms with Crippen molar-refractivity contribution in [2.45, 2.75) is 19.1 Å². The first kappa shape index (κ1) is 17.4. The highest BCUT2D eigenvalue weighted by molar-refractivity contribution is 7.99. The van der Waals surface area contributed by atoms with Crippen LogP contribution in [0.4, 0.5) is 5.69 Å². The smallest absolute Gasteiger partial charge is 0.277 e. The largest absolute Gasteiger partial charge is 0.454 e. The zero-order chi connectivity index (χ0) is 18.8. The van der Waals surface area contributed by atoms with E-state index in [9.17, 15) is 4.79 Å². The summed E-state index contributed by atoms with van der Waals surface area (Å²) in [5.74, 6) is 1.75. The highest BCUT2D eigenvalue weighted by Crippen LogP contribution is 2.36. The van der Waals surface area contributed by atoms with Gasteiger partial charge < -0.3 is 19.2 Å². The van der Waals surface area contributed by atoms with Crippen molar-refractivity contribution >= 4 is 23.4 Å². The average Bonchev–Trinajstić information content (AvgIpc) is 3.32. The first-order chi connectivity index (χ1) is 13.1. The maximum absolute atomic E-state index is 12.2. The minimum atomic E-state index is -0.128. The number of nitrogens with one attached hydrogen (secondary N) is 1. The summed E-state index contributed by atoms with van der Waals surface area (Å²) in [6.07, 6.45) is 0. The molecule has 0 saturated carbocycles. The topological polar surface area (TPSA) is 86.5 Å². The molecule has 1 amide bonds. The van der Waals surface area contributed by atoms with E-state index in [-0.39, 0.29) is 18.5 Å². The van der Waals surface area contributed by atoms with Gasteiger partial charge in [0.05, 0.1) is 5.75 Å². The standard InChI is InChI=1S/C19H17N3O4S/c1-11-4-3-5-14(12(11)2)20-17(23)9-27-19-22-21-18(26-19)13-6-7-15-16(8-13)25-10-24-15/h3-8H,9-10H2,1-2H3,(H,20,23). The number of anilines is 1. The van der Waals surface area contributed by atoms with Gasteiger partial charge in [0.1, 0.15) is 0 Å². The van der Waals surface area contributed by atoms with Crippen molar-refractivity contribution in [3.8, 4) is 23.0 Å². The molecule has 3 aromatic rings. The zero-order valence-corrected chi connectivity index (χ0v) is 15.6. The summed E-state index contributed by atoms with van der Waals surface area (Å²) in [7, 11) is 0. The van der Waals surface area contributed by atoms with E-state index in [0.717, 1.165) is 22.4 Å². The predicted molar refractivity (Wildman–Crippen MR) is 101 cm³/mol. The van der Waals surface area contributed by atoms with E-state index in [2.05, 4.69) is 15.5 Å². The second kappa shape index (κ2) is 7.32.